The zero-order valence-corrected chi connectivity index (χ0v) is 17.6. The van der Waals surface area contributed by atoms with Crippen LogP contribution in [0.25, 0.3) is 0 Å². The average molecular weight is 335 g/mol. The second-order valence-corrected chi connectivity index (χ2v) is 5.52. The third-order valence-electron chi connectivity index (χ3n) is 3.42. The summed E-state index contributed by atoms with van der Waals surface area (Å²) in [6.07, 6.45) is 18.3. The number of carbonyl (C=O) groups excluding carboxylic acids is 1. The van der Waals surface area contributed by atoms with Gasteiger partial charge in [0.15, 0.2) is 0 Å². The van der Waals surface area contributed by atoms with Crippen molar-refractivity contribution >= 4 is 5.97 Å². The van der Waals surface area contributed by atoms with E-state index < -0.39 is 12.1 Å². The van der Waals surface area contributed by atoms with Crippen LogP contribution in [-0.2, 0) is 4.79 Å². The number of aliphatic carboxylic acids is 1. The third kappa shape index (κ3) is 20.5. The number of carboxylic acids is 1. The Morgan fingerprint density at radius 1 is 1.00 bits per heavy atom. The van der Waals surface area contributed by atoms with Crippen molar-refractivity contribution in [3.05, 3.63) is 24.3 Å². The molecule has 0 aliphatic rings. The van der Waals surface area contributed by atoms with Gasteiger partial charge in [-0.05, 0) is 51.4 Å². The van der Waals surface area contributed by atoms with Gasteiger partial charge in [-0.2, -0.15) is 0 Å². The molecule has 0 aliphatic carbocycles. The number of unbranched alkanes of at least 4 members (excludes halogenated alkanes) is 5. The van der Waals surface area contributed by atoms with E-state index in [1.807, 2.05) is 0 Å². The maximum Gasteiger partial charge on any atom is 1.00 e. The first-order chi connectivity index (χ1) is 10.2. The van der Waals surface area contributed by atoms with Crippen LogP contribution in [0.1, 0.15) is 77.6 Å². The molecule has 3 nitrogen and oxygen atoms in total. The van der Waals surface area contributed by atoms with Gasteiger partial charge in [-0.1, -0.05) is 50.5 Å². The van der Waals surface area contributed by atoms with Gasteiger partial charge < -0.3 is 15.0 Å². The van der Waals surface area contributed by atoms with Crippen LogP contribution in [0.4, 0.5) is 0 Å². The Balaban J connectivity index is 0. The van der Waals surface area contributed by atoms with E-state index in [2.05, 4.69) is 31.2 Å². The molecule has 1 atom stereocenters. The van der Waals surface area contributed by atoms with Crippen LogP contribution in [0.15, 0.2) is 24.3 Å². The number of carbonyl (C=O) groups is 1. The summed E-state index contributed by atoms with van der Waals surface area (Å²) < 4.78 is 0. The SMILES string of the molecule is CCCCC/C=C\C/C=C\CCCCC(O)CCC(=O)[O-].[K+]. The first-order valence-corrected chi connectivity index (χ1v) is 8.34. The van der Waals surface area contributed by atoms with Crippen LogP contribution in [0, 0.1) is 0 Å². The number of carboxylic acid groups (broad SMARTS) is 1. The molecule has 1 unspecified atom stereocenters. The number of allylic oxidation sites excluding steroid dienone is 4. The summed E-state index contributed by atoms with van der Waals surface area (Å²) in [4.78, 5) is 10.2. The van der Waals surface area contributed by atoms with E-state index in [-0.39, 0.29) is 57.8 Å². The Morgan fingerprint density at radius 3 is 2.14 bits per heavy atom. The predicted octanol–water partition coefficient (Wildman–Crippen LogP) is 0.525. The van der Waals surface area contributed by atoms with E-state index >= 15 is 0 Å². The molecular weight excluding hydrogens is 303 g/mol. The standard InChI is InChI=1S/C18H32O3.K/c1-2-3-4-5-6-7-8-9-10-11-12-13-14-17(19)15-16-18(20)21;/h6-7,9-10,17,19H,2-5,8,11-16H2,1H3,(H,20,21);/q;+1/p-1/b7-6-,10-9-;. The number of hydrogen-bond acceptors (Lipinski definition) is 3. The molecule has 4 heteroatoms. The molecule has 0 spiro atoms. The molecule has 0 amide bonds. The molecule has 0 saturated heterocycles. The fourth-order valence-electron chi connectivity index (χ4n) is 2.09. The minimum Gasteiger partial charge on any atom is -0.550 e. The Morgan fingerprint density at radius 2 is 1.59 bits per heavy atom. The van der Waals surface area contributed by atoms with Gasteiger partial charge >= 0.3 is 51.4 Å². The number of aliphatic hydroxyl groups excluding tert-OH is 1. The summed E-state index contributed by atoms with van der Waals surface area (Å²) in [6, 6.07) is 0. The van der Waals surface area contributed by atoms with Crippen LogP contribution in [-0.4, -0.2) is 17.2 Å². The molecule has 22 heavy (non-hydrogen) atoms. The molecular formula is C18H31KO3. The van der Waals surface area contributed by atoms with Gasteiger partial charge in [0.05, 0.1) is 6.10 Å². The molecule has 0 bridgehead atoms. The largest absolute Gasteiger partial charge is 1.00 e. The molecule has 0 aromatic rings. The zero-order chi connectivity index (χ0) is 15.8. The molecule has 0 aliphatic heterocycles. The summed E-state index contributed by atoms with van der Waals surface area (Å²) in [5.74, 6) is -1.08. The average Bonchev–Trinajstić information content (AvgIpc) is 2.46. The minimum atomic E-state index is -1.08. The first kappa shape index (κ1) is 24.8. The van der Waals surface area contributed by atoms with E-state index in [9.17, 15) is 15.0 Å². The summed E-state index contributed by atoms with van der Waals surface area (Å²) >= 11 is 0. The first-order valence-electron chi connectivity index (χ1n) is 8.34. The molecule has 0 rings (SSSR count). The number of aliphatic hydroxyl groups is 1. The molecule has 0 radical (unpaired) electrons. The molecule has 0 fully saturated rings. The van der Waals surface area contributed by atoms with E-state index in [0.717, 1.165) is 25.7 Å². The summed E-state index contributed by atoms with van der Waals surface area (Å²) in [6.45, 7) is 2.22. The Labute approximate surface area is 178 Å². The van der Waals surface area contributed by atoms with E-state index in [1.54, 1.807) is 0 Å². The van der Waals surface area contributed by atoms with Crippen LogP contribution < -0.4 is 56.5 Å². The van der Waals surface area contributed by atoms with Crippen molar-refractivity contribution in [2.75, 3.05) is 0 Å². The van der Waals surface area contributed by atoms with Gasteiger partial charge in [0.25, 0.3) is 0 Å². The maximum atomic E-state index is 10.2. The van der Waals surface area contributed by atoms with Crippen molar-refractivity contribution in [2.45, 2.75) is 83.7 Å². The van der Waals surface area contributed by atoms with Gasteiger partial charge in [-0.3, -0.25) is 0 Å². The van der Waals surface area contributed by atoms with E-state index in [1.165, 1.54) is 25.7 Å². The molecule has 0 saturated carbocycles. The molecule has 0 aromatic carbocycles. The Hall–Kier alpha value is 0.546. The van der Waals surface area contributed by atoms with Gasteiger partial charge in [-0.15, -0.1) is 0 Å². The molecule has 1 N–H and O–H groups in total. The predicted molar refractivity (Wildman–Crippen MR) is 85.8 cm³/mol. The van der Waals surface area contributed by atoms with Crippen LogP contribution in [0.2, 0.25) is 0 Å². The van der Waals surface area contributed by atoms with Gasteiger partial charge in [0, 0.05) is 5.97 Å². The normalized spacial score (nSPS) is 12.6. The van der Waals surface area contributed by atoms with Gasteiger partial charge in [0.2, 0.25) is 0 Å². The smallest absolute Gasteiger partial charge is 0.550 e. The minimum absolute atomic E-state index is 0. The molecule has 0 aromatic heterocycles. The van der Waals surface area contributed by atoms with Crippen molar-refractivity contribution in [3.8, 4) is 0 Å². The summed E-state index contributed by atoms with van der Waals surface area (Å²) in [7, 11) is 0. The van der Waals surface area contributed by atoms with Crippen LogP contribution >= 0.6 is 0 Å². The molecule has 122 valence electrons. The van der Waals surface area contributed by atoms with Crippen molar-refractivity contribution in [3.63, 3.8) is 0 Å². The van der Waals surface area contributed by atoms with Crippen molar-refractivity contribution in [1.82, 2.24) is 0 Å². The number of rotatable bonds is 14. The van der Waals surface area contributed by atoms with Crippen molar-refractivity contribution in [2.24, 2.45) is 0 Å². The van der Waals surface area contributed by atoms with Crippen molar-refractivity contribution < 1.29 is 66.4 Å². The third-order valence-corrected chi connectivity index (χ3v) is 3.42. The summed E-state index contributed by atoms with van der Waals surface area (Å²) in [5.41, 5.74) is 0. The topological polar surface area (TPSA) is 60.4 Å². The number of hydrogen-bond donors (Lipinski definition) is 1. The monoisotopic (exact) mass is 334 g/mol. The zero-order valence-electron chi connectivity index (χ0n) is 14.4. The second kappa shape index (κ2) is 19.6. The Bertz CT molecular complexity index is 301. The second-order valence-electron chi connectivity index (χ2n) is 5.52. The van der Waals surface area contributed by atoms with E-state index in [0.29, 0.717) is 12.8 Å². The molecule has 0 heterocycles. The van der Waals surface area contributed by atoms with Crippen LogP contribution in [0.3, 0.4) is 0 Å². The van der Waals surface area contributed by atoms with Gasteiger partial charge in [0.1, 0.15) is 0 Å². The summed E-state index contributed by atoms with van der Waals surface area (Å²) in [5, 5.41) is 19.8. The maximum absolute atomic E-state index is 10.2. The Kier molecular flexibility index (Phi) is 22.1. The quantitative estimate of drug-likeness (QED) is 0.286. The van der Waals surface area contributed by atoms with Crippen molar-refractivity contribution in [1.29, 1.82) is 0 Å². The fraction of sp³-hybridized carbons (Fsp3) is 0.722. The van der Waals surface area contributed by atoms with Crippen LogP contribution in [0.5, 0.6) is 0 Å². The fourth-order valence-corrected chi connectivity index (χ4v) is 2.09. The van der Waals surface area contributed by atoms with E-state index in [4.69, 9.17) is 0 Å². The van der Waals surface area contributed by atoms with Gasteiger partial charge in [-0.25, -0.2) is 0 Å².